The minimum Gasteiger partial charge on any atom is -0.316 e. The Bertz CT molecular complexity index is 354. The average molecular weight is 251 g/mol. The Labute approximate surface area is 111 Å². The first-order valence-electron chi connectivity index (χ1n) is 6.88. The van der Waals surface area contributed by atoms with Crippen LogP contribution in [0.4, 0.5) is 4.39 Å². The highest BCUT2D eigenvalue weighted by atomic mass is 19.1. The van der Waals surface area contributed by atoms with Gasteiger partial charge in [0.1, 0.15) is 5.82 Å². The molecule has 0 aliphatic rings. The zero-order chi connectivity index (χ0) is 13.6. The van der Waals surface area contributed by atoms with Gasteiger partial charge in [0.15, 0.2) is 0 Å². The normalized spacial score (nSPS) is 13.6. The van der Waals surface area contributed by atoms with Gasteiger partial charge in [-0.15, -0.1) is 0 Å². The quantitative estimate of drug-likeness (QED) is 0.753. The fourth-order valence-electron chi connectivity index (χ4n) is 2.09. The number of hydrogen-bond donors (Lipinski definition) is 1. The molecule has 102 valence electrons. The summed E-state index contributed by atoms with van der Waals surface area (Å²) in [6.45, 7) is 11.0. The molecule has 1 nitrogen and oxygen atoms in total. The van der Waals surface area contributed by atoms with Crippen molar-refractivity contribution >= 4 is 0 Å². The molecule has 0 bridgehead atoms. The first kappa shape index (κ1) is 15.2. The molecule has 1 aromatic rings. The van der Waals surface area contributed by atoms with Gasteiger partial charge in [0.2, 0.25) is 0 Å². The predicted octanol–water partition coefficient (Wildman–Crippen LogP) is 4.03. The highest BCUT2D eigenvalue weighted by Gasteiger charge is 2.24. The van der Waals surface area contributed by atoms with E-state index < -0.39 is 0 Å². The van der Waals surface area contributed by atoms with Crippen molar-refractivity contribution in [1.82, 2.24) is 5.32 Å². The van der Waals surface area contributed by atoms with Crippen LogP contribution in [0.2, 0.25) is 0 Å². The molecular formula is C16H26FN. The second-order valence-electron chi connectivity index (χ2n) is 6.10. The third kappa shape index (κ3) is 5.18. The van der Waals surface area contributed by atoms with Gasteiger partial charge in [0.05, 0.1) is 0 Å². The van der Waals surface area contributed by atoms with Crippen molar-refractivity contribution in [2.75, 3.05) is 13.1 Å². The fourth-order valence-corrected chi connectivity index (χ4v) is 2.09. The molecule has 1 rings (SSSR count). The second-order valence-corrected chi connectivity index (χ2v) is 6.10. The lowest BCUT2D eigenvalue weighted by Crippen LogP contribution is -2.33. The molecular weight excluding hydrogens is 225 g/mol. The molecule has 0 radical (unpaired) electrons. The lowest BCUT2D eigenvalue weighted by molar-refractivity contribution is 0.231. The first-order chi connectivity index (χ1) is 8.43. The standard InChI is InChI=1S/C16H26FN/c1-5-9-18-12-14(16(2,3)4)10-13-7-6-8-15(17)11-13/h6-8,11,14,18H,5,9-10,12H2,1-4H3. The Hall–Kier alpha value is -0.890. The van der Waals surface area contributed by atoms with Crippen molar-refractivity contribution in [3.05, 3.63) is 35.6 Å². The summed E-state index contributed by atoms with van der Waals surface area (Å²) in [7, 11) is 0. The van der Waals surface area contributed by atoms with E-state index in [-0.39, 0.29) is 11.2 Å². The highest BCUT2D eigenvalue weighted by molar-refractivity contribution is 5.17. The van der Waals surface area contributed by atoms with E-state index in [0.29, 0.717) is 5.92 Å². The fraction of sp³-hybridized carbons (Fsp3) is 0.625. The van der Waals surface area contributed by atoms with Crippen LogP contribution in [0.15, 0.2) is 24.3 Å². The van der Waals surface area contributed by atoms with Crippen molar-refractivity contribution in [1.29, 1.82) is 0 Å². The Morgan fingerprint density at radius 1 is 1.28 bits per heavy atom. The Kier molecular flexibility index (Phi) is 5.80. The van der Waals surface area contributed by atoms with E-state index in [4.69, 9.17) is 0 Å². The van der Waals surface area contributed by atoms with Crippen molar-refractivity contribution in [3.63, 3.8) is 0 Å². The van der Waals surface area contributed by atoms with Gasteiger partial charge in [-0.3, -0.25) is 0 Å². The van der Waals surface area contributed by atoms with E-state index >= 15 is 0 Å². The van der Waals surface area contributed by atoms with E-state index in [1.54, 1.807) is 12.1 Å². The van der Waals surface area contributed by atoms with Gasteiger partial charge in [-0.05, 0) is 55.0 Å². The van der Waals surface area contributed by atoms with Gasteiger partial charge in [-0.1, -0.05) is 39.8 Å². The zero-order valence-corrected chi connectivity index (χ0v) is 12.1. The van der Waals surface area contributed by atoms with Crippen LogP contribution in [-0.4, -0.2) is 13.1 Å². The Morgan fingerprint density at radius 2 is 2.00 bits per heavy atom. The topological polar surface area (TPSA) is 12.0 Å². The van der Waals surface area contributed by atoms with E-state index in [1.807, 2.05) is 6.07 Å². The van der Waals surface area contributed by atoms with E-state index in [1.165, 1.54) is 6.07 Å². The lowest BCUT2D eigenvalue weighted by atomic mass is 9.77. The van der Waals surface area contributed by atoms with Crippen molar-refractivity contribution in [2.24, 2.45) is 11.3 Å². The van der Waals surface area contributed by atoms with E-state index in [9.17, 15) is 4.39 Å². The summed E-state index contributed by atoms with van der Waals surface area (Å²) in [4.78, 5) is 0. The largest absolute Gasteiger partial charge is 0.316 e. The molecule has 0 aliphatic carbocycles. The van der Waals surface area contributed by atoms with E-state index in [2.05, 4.69) is 33.0 Å². The summed E-state index contributed by atoms with van der Waals surface area (Å²) in [6.07, 6.45) is 2.08. The van der Waals surface area contributed by atoms with Crippen molar-refractivity contribution in [3.8, 4) is 0 Å². The summed E-state index contributed by atoms with van der Waals surface area (Å²) >= 11 is 0. The molecule has 0 saturated carbocycles. The third-order valence-electron chi connectivity index (χ3n) is 3.41. The zero-order valence-electron chi connectivity index (χ0n) is 12.1. The predicted molar refractivity (Wildman–Crippen MR) is 76.2 cm³/mol. The summed E-state index contributed by atoms with van der Waals surface area (Å²) in [5.41, 5.74) is 1.32. The van der Waals surface area contributed by atoms with Crippen LogP contribution in [0.1, 0.15) is 39.7 Å². The maximum atomic E-state index is 13.2. The van der Waals surface area contributed by atoms with Crippen LogP contribution in [0, 0.1) is 17.2 Å². The lowest BCUT2D eigenvalue weighted by Gasteiger charge is -2.31. The number of hydrogen-bond acceptors (Lipinski definition) is 1. The molecule has 0 fully saturated rings. The van der Waals surface area contributed by atoms with Crippen LogP contribution in [-0.2, 0) is 6.42 Å². The van der Waals surface area contributed by atoms with Crippen molar-refractivity contribution in [2.45, 2.75) is 40.5 Å². The van der Waals surface area contributed by atoms with Crippen LogP contribution in [0.25, 0.3) is 0 Å². The summed E-state index contributed by atoms with van der Waals surface area (Å²) in [5, 5.41) is 3.48. The summed E-state index contributed by atoms with van der Waals surface area (Å²) in [5.74, 6) is 0.382. The van der Waals surface area contributed by atoms with Crippen LogP contribution >= 0.6 is 0 Å². The molecule has 0 aliphatic heterocycles. The minimum absolute atomic E-state index is 0.137. The molecule has 0 aromatic heterocycles. The number of nitrogens with one attached hydrogen (secondary N) is 1. The Balaban J connectivity index is 2.66. The molecule has 1 unspecified atom stereocenters. The molecule has 2 heteroatoms. The van der Waals surface area contributed by atoms with Gasteiger partial charge in [0, 0.05) is 0 Å². The SMILES string of the molecule is CCCNCC(Cc1cccc(F)c1)C(C)(C)C. The summed E-state index contributed by atoms with van der Waals surface area (Å²) < 4.78 is 13.2. The monoisotopic (exact) mass is 251 g/mol. The molecule has 1 N–H and O–H groups in total. The highest BCUT2D eigenvalue weighted by Crippen LogP contribution is 2.28. The number of halogens is 1. The third-order valence-corrected chi connectivity index (χ3v) is 3.41. The molecule has 18 heavy (non-hydrogen) atoms. The molecule has 0 saturated heterocycles. The first-order valence-corrected chi connectivity index (χ1v) is 6.88. The number of benzene rings is 1. The van der Waals surface area contributed by atoms with Gasteiger partial charge in [-0.2, -0.15) is 0 Å². The molecule has 0 heterocycles. The average Bonchev–Trinajstić information content (AvgIpc) is 2.27. The smallest absolute Gasteiger partial charge is 0.123 e. The van der Waals surface area contributed by atoms with Gasteiger partial charge >= 0.3 is 0 Å². The number of rotatable bonds is 6. The maximum Gasteiger partial charge on any atom is 0.123 e. The van der Waals surface area contributed by atoms with Gasteiger partial charge in [-0.25, -0.2) is 4.39 Å². The Morgan fingerprint density at radius 3 is 2.56 bits per heavy atom. The second kappa shape index (κ2) is 6.89. The van der Waals surface area contributed by atoms with Gasteiger partial charge in [0.25, 0.3) is 0 Å². The van der Waals surface area contributed by atoms with Crippen LogP contribution in [0.5, 0.6) is 0 Å². The maximum absolute atomic E-state index is 13.2. The van der Waals surface area contributed by atoms with Crippen LogP contribution in [0.3, 0.4) is 0 Å². The molecule has 1 aromatic carbocycles. The molecule has 0 spiro atoms. The molecule has 1 atom stereocenters. The van der Waals surface area contributed by atoms with E-state index in [0.717, 1.165) is 31.5 Å². The van der Waals surface area contributed by atoms with Crippen molar-refractivity contribution < 1.29 is 4.39 Å². The van der Waals surface area contributed by atoms with Gasteiger partial charge < -0.3 is 5.32 Å². The molecule has 0 amide bonds. The summed E-state index contributed by atoms with van der Waals surface area (Å²) in [6, 6.07) is 6.97. The minimum atomic E-state index is -0.137. The van der Waals surface area contributed by atoms with Crippen LogP contribution < -0.4 is 5.32 Å².